The van der Waals surface area contributed by atoms with Crippen molar-refractivity contribution >= 4 is 23.9 Å². The molecule has 0 fully saturated rings. The molecule has 0 aromatic rings. The van der Waals surface area contributed by atoms with E-state index in [2.05, 4.69) is 44.8 Å². The molecule has 200 valence electrons. The van der Waals surface area contributed by atoms with Crippen molar-refractivity contribution in [2.75, 3.05) is 19.6 Å². The molecule has 1 amide bonds. The molecule has 35 heavy (non-hydrogen) atoms. The minimum atomic E-state index is -0.823. The molecule has 7 nitrogen and oxygen atoms in total. The van der Waals surface area contributed by atoms with Gasteiger partial charge in [0.2, 0.25) is 0 Å². The van der Waals surface area contributed by atoms with E-state index < -0.39 is 17.3 Å². The van der Waals surface area contributed by atoms with E-state index in [1.807, 2.05) is 31.9 Å². The number of aliphatic hydroxyl groups excluding tert-OH is 1. The zero-order valence-corrected chi connectivity index (χ0v) is 23.7. The van der Waals surface area contributed by atoms with Gasteiger partial charge in [0.1, 0.15) is 18.0 Å². The number of carbonyl (C=O) groups excluding carboxylic acids is 1. The predicted octanol–water partition coefficient (Wildman–Crippen LogP) is 4.98. The average Bonchev–Trinajstić information content (AvgIpc) is 2.74. The van der Waals surface area contributed by atoms with Crippen LogP contribution in [-0.2, 0) is 4.74 Å². The summed E-state index contributed by atoms with van der Waals surface area (Å²) in [4.78, 5) is 21.8. The Morgan fingerprint density at radius 3 is 2.49 bits per heavy atom. The number of rotatable bonds is 5. The van der Waals surface area contributed by atoms with E-state index in [1.54, 1.807) is 0 Å². The van der Waals surface area contributed by atoms with Crippen LogP contribution in [0.2, 0.25) is 0 Å². The van der Waals surface area contributed by atoms with Gasteiger partial charge in [-0.2, -0.15) is 0 Å². The third-order valence-electron chi connectivity index (χ3n) is 7.00. The summed E-state index contributed by atoms with van der Waals surface area (Å²) in [7, 11) is 0. The van der Waals surface area contributed by atoms with Crippen molar-refractivity contribution in [3.63, 3.8) is 0 Å². The molecule has 2 heterocycles. The topological polar surface area (TPSA) is 77.4 Å². The molecular formula is C27H47ClN4O3. The lowest BCUT2D eigenvalue weighted by atomic mass is 9.83. The predicted molar refractivity (Wildman–Crippen MR) is 143 cm³/mol. The zero-order valence-electron chi connectivity index (χ0n) is 23.0. The monoisotopic (exact) mass is 510 g/mol. The van der Waals surface area contributed by atoms with Crippen molar-refractivity contribution < 1.29 is 14.6 Å². The number of hydrogen-bond donors (Lipinski definition) is 2. The molecule has 0 saturated heterocycles. The minimum Gasteiger partial charge on any atom is -0.444 e. The fourth-order valence-corrected chi connectivity index (χ4v) is 5.60. The highest BCUT2D eigenvalue weighted by molar-refractivity contribution is 6.21. The van der Waals surface area contributed by atoms with Crippen LogP contribution in [0.4, 0.5) is 4.79 Å². The fraction of sp³-hybridized carbons (Fsp3) is 0.852. The van der Waals surface area contributed by atoms with Crippen molar-refractivity contribution in [1.82, 2.24) is 15.1 Å². The van der Waals surface area contributed by atoms with Crippen LogP contribution in [0.1, 0.15) is 81.1 Å². The number of hydrogen-bond acceptors (Lipinski definition) is 6. The second-order valence-electron chi connectivity index (χ2n) is 12.9. The van der Waals surface area contributed by atoms with Crippen LogP contribution in [-0.4, -0.2) is 76.4 Å². The van der Waals surface area contributed by atoms with Gasteiger partial charge in [0.15, 0.2) is 0 Å². The van der Waals surface area contributed by atoms with Crippen molar-refractivity contribution in [3.05, 3.63) is 11.1 Å². The van der Waals surface area contributed by atoms with Gasteiger partial charge in [-0.05, 0) is 63.4 Å². The van der Waals surface area contributed by atoms with Gasteiger partial charge in [-0.3, -0.25) is 15.2 Å². The Balaban J connectivity index is 1.91. The van der Waals surface area contributed by atoms with Crippen LogP contribution in [0.3, 0.4) is 0 Å². The van der Waals surface area contributed by atoms with E-state index in [9.17, 15) is 9.90 Å². The molecule has 2 aliphatic heterocycles. The molecule has 0 bridgehead atoms. The van der Waals surface area contributed by atoms with E-state index >= 15 is 0 Å². The average molecular weight is 511 g/mol. The van der Waals surface area contributed by atoms with Gasteiger partial charge in [-0.15, -0.1) is 11.6 Å². The Morgan fingerprint density at radius 1 is 1.26 bits per heavy atom. The third kappa shape index (κ3) is 7.21. The minimum absolute atomic E-state index is 0.0680. The van der Waals surface area contributed by atoms with Crippen molar-refractivity contribution in [1.29, 1.82) is 0 Å². The molecule has 0 aromatic heterocycles. The molecule has 2 N–H and O–H groups in total. The normalized spacial score (nSPS) is 29.0. The second-order valence-corrected chi connectivity index (χ2v) is 13.4. The molecule has 1 aliphatic carbocycles. The molecule has 8 heteroatoms. The smallest absolute Gasteiger partial charge is 0.410 e. The van der Waals surface area contributed by atoms with Gasteiger partial charge in [0.25, 0.3) is 0 Å². The first kappa shape index (κ1) is 28.4. The van der Waals surface area contributed by atoms with Crippen molar-refractivity contribution in [3.8, 4) is 0 Å². The molecule has 0 saturated carbocycles. The van der Waals surface area contributed by atoms with Crippen LogP contribution in [0.15, 0.2) is 16.1 Å². The second kappa shape index (κ2) is 11.1. The lowest BCUT2D eigenvalue weighted by Gasteiger charge is -2.48. The standard InChI is InChI=1S/C27H47ClN4O3/c1-17(2)14-32(23(33)20-13-29-24(26(3,4)5)30-22(20)28)21-16-31(25(34)35-27(6,7)8)15-18-11-9-10-12-19(18)21/h13,17,20-24,30,33H,9-12,14-16H2,1-8H3. The first-order valence-electron chi connectivity index (χ1n) is 13.2. The van der Waals surface area contributed by atoms with Crippen LogP contribution < -0.4 is 5.32 Å². The first-order chi connectivity index (χ1) is 16.2. The van der Waals surface area contributed by atoms with Crippen LogP contribution in [0.5, 0.6) is 0 Å². The Bertz CT molecular complexity index is 814. The SMILES string of the molecule is CC(C)CN(C1CN(C(=O)OC(C)(C)C)CC2=C1CCCC2)C(O)C1C=NC(C(C)(C)C)NC1Cl. The summed E-state index contributed by atoms with van der Waals surface area (Å²) in [5, 5.41) is 15.1. The summed E-state index contributed by atoms with van der Waals surface area (Å²) in [5.74, 6) is -0.0302. The molecule has 0 aromatic carbocycles. The Morgan fingerprint density at radius 2 is 1.91 bits per heavy atom. The molecule has 3 aliphatic rings. The zero-order chi connectivity index (χ0) is 26.1. The number of halogens is 1. The highest BCUT2D eigenvalue weighted by Gasteiger charge is 2.43. The maximum Gasteiger partial charge on any atom is 0.410 e. The van der Waals surface area contributed by atoms with E-state index in [0.29, 0.717) is 25.6 Å². The largest absolute Gasteiger partial charge is 0.444 e. The number of aliphatic imine (C=N–C) groups is 1. The van der Waals surface area contributed by atoms with Gasteiger partial charge in [0.05, 0.1) is 17.5 Å². The maximum atomic E-state index is 13.1. The van der Waals surface area contributed by atoms with Crippen molar-refractivity contribution in [2.24, 2.45) is 22.2 Å². The lowest BCUT2D eigenvalue weighted by molar-refractivity contribution is -0.0597. The fourth-order valence-electron chi connectivity index (χ4n) is 5.29. The summed E-state index contributed by atoms with van der Waals surface area (Å²) >= 11 is 6.80. The summed E-state index contributed by atoms with van der Waals surface area (Å²) in [6, 6.07) is -0.0680. The Labute approximate surface area is 217 Å². The summed E-state index contributed by atoms with van der Waals surface area (Å²) in [6.45, 7) is 18.2. The quantitative estimate of drug-likeness (QED) is 0.236. The van der Waals surface area contributed by atoms with Gasteiger partial charge in [-0.1, -0.05) is 40.2 Å². The number of nitrogens with one attached hydrogen (secondary N) is 1. The molecule has 5 unspecified atom stereocenters. The third-order valence-corrected chi connectivity index (χ3v) is 7.42. The highest BCUT2D eigenvalue weighted by Crippen LogP contribution is 2.36. The summed E-state index contributed by atoms with van der Waals surface area (Å²) in [5.41, 5.74) is 1.65. The van der Waals surface area contributed by atoms with E-state index in [1.165, 1.54) is 11.1 Å². The lowest BCUT2D eigenvalue weighted by Crippen LogP contribution is -2.60. The van der Waals surface area contributed by atoms with Crippen molar-refractivity contribution in [2.45, 2.75) is 111 Å². The number of amides is 1. The molecule has 5 atom stereocenters. The van der Waals surface area contributed by atoms with Crippen LogP contribution >= 0.6 is 11.6 Å². The van der Waals surface area contributed by atoms with E-state index in [4.69, 9.17) is 21.3 Å². The Hall–Kier alpha value is -1.15. The van der Waals surface area contributed by atoms with Gasteiger partial charge in [-0.25, -0.2) is 4.79 Å². The molecule has 0 spiro atoms. The molecular weight excluding hydrogens is 464 g/mol. The number of carbonyl (C=O) groups is 1. The number of alkyl halides is 1. The van der Waals surface area contributed by atoms with Gasteiger partial charge in [0, 0.05) is 25.8 Å². The highest BCUT2D eigenvalue weighted by atomic mass is 35.5. The molecule has 0 radical (unpaired) electrons. The van der Waals surface area contributed by atoms with Crippen LogP contribution in [0.25, 0.3) is 0 Å². The summed E-state index contributed by atoms with van der Waals surface area (Å²) in [6.07, 6.45) is 4.91. The number of nitrogens with zero attached hydrogens (tertiary/aromatic N) is 3. The number of ether oxygens (including phenoxy) is 1. The summed E-state index contributed by atoms with van der Waals surface area (Å²) < 4.78 is 5.73. The van der Waals surface area contributed by atoms with E-state index in [-0.39, 0.29) is 29.6 Å². The van der Waals surface area contributed by atoms with Gasteiger partial charge < -0.3 is 14.7 Å². The van der Waals surface area contributed by atoms with E-state index in [0.717, 1.165) is 25.7 Å². The maximum absolute atomic E-state index is 13.1. The van der Waals surface area contributed by atoms with Gasteiger partial charge >= 0.3 is 6.09 Å². The first-order valence-corrected chi connectivity index (χ1v) is 13.7. The van der Waals surface area contributed by atoms with Crippen LogP contribution in [0, 0.1) is 17.3 Å². The Kier molecular flexibility index (Phi) is 8.99. The molecule has 3 rings (SSSR count). The number of aliphatic hydroxyl groups is 1.